The zero-order valence-corrected chi connectivity index (χ0v) is 23.3. The van der Waals surface area contributed by atoms with Gasteiger partial charge >= 0.3 is 6.09 Å². The van der Waals surface area contributed by atoms with Crippen molar-refractivity contribution in [3.05, 3.63) is 77.6 Å². The van der Waals surface area contributed by atoms with Gasteiger partial charge in [-0.1, -0.05) is 66.6 Å². The van der Waals surface area contributed by atoms with Crippen molar-refractivity contribution in [2.75, 3.05) is 38.0 Å². The van der Waals surface area contributed by atoms with E-state index in [0.717, 1.165) is 60.2 Å². The Hall–Kier alpha value is -3.62. The summed E-state index contributed by atoms with van der Waals surface area (Å²) >= 11 is 6.53. The van der Waals surface area contributed by atoms with Gasteiger partial charge in [0.2, 0.25) is 5.95 Å². The lowest BCUT2D eigenvalue weighted by molar-refractivity contribution is 0.0656. The second-order valence-electron chi connectivity index (χ2n) is 10.8. The highest BCUT2D eigenvalue weighted by Gasteiger charge is 2.28. The lowest BCUT2D eigenvalue weighted by Gasteiger charge is -2.38. The first-order chi connectivity index (χ1) is 19.6. The third kappa shape index (κ3) is 6.24. The maximum absolute atomic E-state index is 12.5. The zero-order valence-electron chi connectivity index (χ0n) is 22.6. The van der Waals surface area contributed by atoms with E-state index >= 15 is 0 Å². The Morgan fingerprint density at radius 3 is 2.70 bits per heavy atom. The number of halogens is 1. The molecule has 1 saturated heterocycles. The van der Waals surface area contributed by atoms with Gasteiger partial charge in [0.1, 0.15) is 6.61 Å². The molecule has 208 valence electrons. The smallest absolute Gasteiger partial charge is 0.410 e. The van der Waals surface area contributed by atoms with Crippen molar-refractivity contribution in [3.8, 4) is 11.3 Å². The highest BCUT2D eigenvalue weighted by molar-refractivity contribution is 6.33. The Labute approximate surface area is 239 Å². The number of hydrogen-bond donors (Lipinski definition) is 2. The predicted octanol–water partition coefficient (Wildman–Crippen LogP) is 6.20. The van der Waals surface area contributed by atoms with Crippen molar-refractivity contribution in [1.29, 1.82) is 0 Å². The Morgan fingerprint density at radius 2 is 1.85 bits per heavy atom. The molecule has 1 aliphatic carbocycles. The number of benzene rings is 2. The number of hydrogen-bond acceptors (Lipinski definition) is 6. The summed E-state index contributed by atoms with van der Waals surface area (Å²) in [4.78, 5) is 29.5. The van der Waals surface area contributed by atoms with Gasteiger partial charge in [0.25, 0.3) is 0 Å². The third-order valence-electron chi connectivity index (χ3n) is 8.06. The Morgan fingerprint density at radius 1 is 1.05 bits per heavy atom. The second kappa shape index (κ2) is 12.3. The van der Waals surface area contributed by atoms with Crippen molar-refractivity contribution >= 4 is 34.5 Å². The molecule has 1 amide bonds. The molecule has 2 aliphatic rings. The maximum Gasteiger partial charge on any atom is 0.410 e. The number of ether oxygens (including phenoxy) is 1. The molecule has 1 saturated carbocycles. The van der Waals surface area contributed by atoms with Gasteiger partial charge in [-0.3, -0.25) is 4.90 Å². The van der Waals surface area contributed by atoms with E-state index in [1.54, 1.807) is 6.20 Å². The van der Waals surface area contributed by atoms with Gasteiger partial charge in [-0.2, -0.15) is 0 Å². The summed E-state index contributed by atoms with van der Waals surface area (Å²) in [5.41, 5.74) is 3.79. The van der Waals surface area contributed by atoms with Gasteiger partial charge in [-0.25, -0.2) is 14.8 Å². The van der Waals surface area contributed by atoms with Crippen molar-refractivity contribution < 1.29 is 9.53 Å². The minimum absolute atomic E-state index is 0.222. The summed E-state index contributed by atoms with van der Waals surface area (Å²) in [6.07, 6.45) is 8.01. The summed E-state index contributed by atoms with van der Waals surface area (Å²) in [6.45, 7) is 4.53. The van der Waals surface area contributed by atoms with Gasteiger partial charge < -0.3 is 19.9 Å². The molecule has 0 radical (unpaired) electrons. The standard InChI is InChI=1S/C31H35ClN6O2/c32-27-19-34-30(36-29(27)26-18-33-28-12-5-4-11-25(26)28)35-24-10-6-9-23(17-24)20-37-13-15-38(16-14-37)31(39)40-21-22-7-2-1-3-8-22/h1-5,7-8,11-12,18-19,23-24,33H,6,9-10,13-17,20-21H2,(H,34,35,36)/t23-,24+/m1/s1. The van der Waals surface area contributed by atoms with Gasteiger partial charge in [0, 0.05) is 61.4 Å². The number of nitrogens with one attached hydrogen (secondary N) is 2. The van der Waals surface area contributed by atoms with E-state index in [1.807, 2.05) is 59.6 Å². The molecule has 2 N–H and O–H groups in total. The van der Waals surface area contributed by atoms with Crippen LogP contribution in [0, 0.1) is 5.92 Å². The first kappa shape index (κ1) is 26.6. The van der Waals surface area contributed by atoms with Crippen LogP contribution >= 0.6 is 11.6 Å². The SMILES string of the molecule is O=C(OCc1ccccc1)N1CCN(C[C@@H]2CCC[C@H](Nc3ncc(Cl)c(-c4c[nH]c5ccccc45)n3)C2)CC1. The number of fused-ring (bicyclic) bond motifs is 1. The van der Waals surface area contributed by atoms with Crippen molar-refractivity contribution in [3.63, 3.8) is 0 Å². The van der Waals surface area contributed by atoms with Crippen LogP contribution in [0.1, 0.15) is 31.2 Å². The normalized spacial score (nSPS) is 20.0. The summed E-state index contributed by atoms with van der Waals surface area (Å²) in [7, 11) is 0. The monoisotopic (exact) mass is 558 g/mol. The molecular weight excluding hydrogens is 524 g/mol. The van der Waals surface area contributed by atoms with E-state index in [0.29, 0.717) is 42.6 Å². The van der Waals surface area contributed by atoms with Crippen LogP contribution < -0.4 is 5.32 Å². The fourth-order valence-corrected chi connectivity index (χ4v) is 6.15. The number of para-hydroxylation sites is 1. The molecule has 2 fully saturated rings. The van der Waals surface area contributed by atoms with Crippen molar-refractivity contribution in [2.45, 2.75) is 38.3 Å². The minimum Gasteiger partial charge on any atom is -0.445 e. The molecule has 0 unspecified atom stereocenters. The molecule has 2 atom stereocenters. The van der Waals surface area contributed by atoms with Crippen LogP contribution in [0.15, 0.2) is 67.0 Å². The molecule has 0 bridgehead atoms. The molecule has 2 aromatic heterocycles. The summed E-state index contributed by atoms with van der Waals surface area (Å²) in [5.74, 6) is 1.22. The summed E-state index contributed by atoms with van der Waals surface area (Å²) < 4.78 is 5.52. The van der Waals surface area contributed by atoms with Gasteiger partial charge in [-0.15, -0.1) is 0 Å². The number of piperazine rings is 1. The Balaban J connectivity index is 1.00. The van der Waals surface area contributed by atoms with Crippen molar-refractivity contribution in [1.82, 2.24) is 24.8 Å². The summed E-state index contributed by atoms with van der Waals surface area (Å²) in [5, 5.41) is 5.23. The van der Waals surface area contributed by atoms with Gasteiger partial charge in [-0.05, 0) is 36.8 Å². The van der Waals surface area contributed by atoms with Crippen LogP contribution in [0.5, 0.6) is 0 Å². The van der Waals surface area contributed by atoms with Crippen LogP contribution in [-0.4, -0.2) is 69.6 Å². The predicted molar refractivity (Wildman–Crippen MR) is 158 cm³/mol. The van der Waals surface area contributed by atoms with E-state index in [-0.39, 0.29) is 6.09 Å². The number of H-pyrrole nitrogens is 1. The third-order valence-corrected chi connectivity index (χ3v) is 8.33. The summed E-state index contributed by atoms with van der Waals surface area (Å²) in [6, 6.07) is 18.3. The molecule has 0 spiro atoms. The van der Waals surface area contributed by atoms with Gasteiger partial charge in [0.05, 0.1) is 16.9 Å². The number of nitrogens with zero attached hydrogens (tertiary/aromatic N) is 4. The number of carbonyl (C=O) groups excluding carboxylic acids is 1. The first-order valence-electron chi connectivity index (χ1n) is 14.2. The molecule has 3 heterocycles. The van der Waals surface area contributed by atoms with Crippen LogP contribution in [0.3, 0.4) is 0 Å². The average Bonchev–Trinajstić information content (AvgIpc) is 3.42. The number of aromatic nitrogens is 3. The van der Waals surface area contributed by atoms with Crippen LogP contribution in [-0.2, 0) is 11.3 Å². The maximum atomic E-state index is 12.5. The van der Waals surface area contributed by atoms with Crippen molar-refractivity contribution in [2.24, 2.45) is 5.92 Å². The van der Waals surface area contributed by atoms with Crippen LogP contribution in [0.25, 0.3) is 22.2 Å². The van der Waals surface area contributed by atoms with E-state index in [9.17, 15) is 4.79 Å². The number of rotatable bonds is 7. The molecule has 6 rings (SSSR count). The number of carbonyl (C=O) groups is 1. The minimum atomic E-state index is -0.222. The molecule has 1 aliphatic heterocycles. The molecule has 9 heteroatoms. The van der Waals surface area contributed by atoms with E-state index in [4.69, 9.17) is 21.3 Å². The zero-order chi connectivity index (χ0) is 27.3. The Bertz CT molecular complexity index is 1440. The lowest BCUT2D eigenvalue weighted by atomic mass is 9.85. The van der Waals surface area contributed by atoms with Gasteiger partial charge in [0.15, 0.2) is 0 Å². The average molecular weight is 559 g/mol. The quantitative estimate of drug-likeness (QED) is 0.281. The highest BCUT2D eigenvalue weighted by Crippen LogP contribution is 2.33. The number of aromatic amines is 1. The highest BCUT2D eigenvalue weighted by atomic mass is 35.5. The van der Waals surface area contributed by atoms with Crippen LogP contribution in [0.2, 0.25) is 5.02 Å². The molecule has 2 aromatic carbocycles. The fraction of sp³-hybridized carbons (Fsp3) is 0.387. The Kier molecular flexibility index (Phi) is 8.16. The number of amides is 1. The van der Waals surface area contributed by atoms with Crippen LogP contribution in [0.4, 0.5) is 10.7 Å². The van der Waals surface area contributed by atoms with E-state index in [1.165, 1.54) is 12.8 Å². The molecular formula is C31H35ClN6O2. The number of anilines is 1. The van der Waals surface area contributed by atoms with E-state index < -0.39 is 0 Å². The molecule has 4 aromatic rings. The first-order valence-corrected chi connectivity index (χ1v) is 14.5. The molecule has 8 nitrogen and oxygen atoms in total. The topological polar surface area (TPSA) is 86.4 Å². The second-order valence-corrected chi connectivity index (χ2v) is 11.2. The van der Waals surface area contributed by atoms with E-state index in [2.05, 4.69) is 26.3 Å². The fourth-order valence-electron chi connectivity index (χ4n) is 5.95. The largest absolute Gasteiger partial charge is 0.445 e. The lowest BCUT2D eigenvalue weighted by Crippen LogP contribution is -2.50. The molecule has 40 heavy (non-hydrogen) atoms.